The molecule has 0 amide bonds. The van der Waals surface area contributed by atoms with E-state index >= 15 is 0 Å². The molecule has 1 saturated heterocycles. The topological polar surface area (TPSA) is 60.2 Å². The van der Waals surface area contributed by atoms with E-state index in [0.29, 0.717) is 6.10 Å². The van der Waals surface area contributed by atoms with Crippen LogP contribution >= 0.6 is 0 Å². The smallest absolute Gasteiger partial charge is 0.0576 e. The van der Waals surface area contributed by atoms with Crippen molar-refractivity contribution >= 4 is 0 Å². The minimum Gasteiger partial charge on any atom is -0.378 e. The summed E-state index contributed by atoms with van der Waals surface area (Å²) >= 11 is 0. The maximum atomic E-state index is 5.60. The summed E-state index contributed by atoms with van der Waals surface area (Å²) in [7, 11) is 0. The van der Waals surface area contributed by atoms with Crippen molar-refractivity contribution < 1.29 is 4.74 Å². The second kappa shape index (κ2) is 5.94. The SMILES string of the molecule is NNC(CCC1CCCO1)c1cccnc1. The quantitative estimate of drug-likeness (QED) is 0.585. The summed E-state index contributed by atoms with van der Waals surface area (Å²) in [5.74, 6) is 5.57. The Kier molecular flexibility index (Phi) is 4.27. The first-order chi connectivity index (χ1) is 7.90. The Morgan fingerprint density at radius 2 is 2.56 bits per heavy atom. The van der Waals surface area contributed by atoms with Gasteiger partial charge in [-0.25, -0.2) is 0 Å². The molecule has 2 atom stereocenters. The molecule has 0 bridgehead atoms. The lowest BCUT2D eigenvalue weighted by Crippen LogP contribution is -2.28. The monoisotopic (exact) mass is 221 g/mol. The molecule has 4 heteroatoms. The van der Waals surface area contributed by atoms with Crippen LogP contribution in [-0.2, 0) is 4.74 Å². The summed E-state index contributed by atoms with van der Waals surface area (Å²) < 4.78 is 5.60. The van der Waals surface area contributed by atoms with Crippen molar-refractivity contribution in [2.75, 3.05) is 6.61 Å². The van der Waals surface area contributed by atoms with Crippen molar-refractivity contribution in [3.63, 3.8) is 0 Å². The maximum absolute atomic E-state index is 5.60. The number of nitrogens with two attached hydrogens (primary N) is 1. The number of rotatable bonds is 5. The lowest BCUT2D eigenvalue weighted by molar-refractivity contribution is 0.0996. The van der Waals surface area contributed by atoms with Gasteiger partial charge in [0.15, 0.2) is 0 Å². The number of hydrogen-bond donors (Lipinski definition) is 2. The summed E-state index contributed by atoms with van der Waals surface area (Å²) in [6.07, 6.45) is 8.49. The molecule has 88 valence electrons. The fraction of sp³-hybridized carbons (Fsp3) is 0.583. The van der Waals surface area contributed by atoms with E-state index in [0.717, 1.165) is 25.0 Å². The Morgan fingerprint density at radius 3 is 3.19 bits per heavy atom. The van der Waals surface area contributed by atoms with E-state index in [1.807, 2.05) is 18.3 Å². The van der Waals surface area contributed by atoms with E-state index in [9.17, 15) is 0 Å². The normalized spacial score (nSPS) is 22.2. The van der Waals surface area contributed by atoms with Gasteiger partial charge in [0.05, 0.1) is 6.10 Å². The van der Waals surface area contributed by atoms with Gasteiger partial charge in [-0.05, 0) is 37.3 Å². The van der Waals surface area contributed by atoms with Crippen LogP contribution in [0.5, 0.6) is 0 Å². The molecule has 16 heavy (non-hydrogen) atoms. The second-order valence-electron chi connectivity index (χ2n) is 4.22. The fourth-order valence-electron chi connectivity index (χ4n) is 2.15. The van der Waals surface area contributed by atoms with Crippen LogP contribution in [-0.4, -0.2) is 17.7 Å². The standard InChI is InChI=1S/C12H19N3O/c13-15-12(10-3-1-7-14-9-10)6-5-11-4-2-8-16-11/h1,3,7,9,11-12,15H,2,4-6,8,13H2. The third kappa shape index (κ3) is 3.01. The Morgan fingerprint density at radius 1 is 1.62 bits per heavy atom. The number of nitrogens with one attached hydrogen (secondary N) is 1. The summed E-state index contributed by atoms with van der Waals surface area (Å²) in [6.45, 7) is 0.915. The molecule has 2 rings (SSSR count). The van der Waals surface area contributed by atoms with Crippen molar-refractivity contribution in [2.45, 2.75) is 37.8 Å². The first-order valence-electron chi connectivity index (χ1n) is 5.88. The van der Waals surface area contributed by atoms with Crippen LogP contribution in [0.2, 0.25) is 0 Å². The van der Waals surface area contributed by atoms with Crippen LogP contribution in [0.15, 0.2) is 24.5 Å². The average Bonchev–Trinajstić information content (AvgIpc) is 2.84. The van der Waals surface area contributed by atoms with Gasteiger partial charge in [0.1, 0.15) is 0 Å². The van der Waals surface area contributed by atoms with Gasteiger partial charge in [-0.1, -0.05) is 6.07 Å². The molecule has 0 saturated carbocycles. The molecule has 2 unspecified atom stereocenters. The van der Waals surface area contributed by atoms with E-state index in [1.54, 1.807) is 6.20 Å². The van der Waals surface area contributed by atoms with E-state index in [-0.39, 0.29) is 6.04 Å². The summed E-state index contributed by atoms with van der Waals surface area (Å²) in [4.78, 5) is 4.11. The van der Waals surface area contributed by atoms with Gasteiger partial charge in [0, 0.05) is 25.0 Å². The van der Waals surface area contributed by atoms with Gasteiger partial charge >= 0.3 is 0 Å². The molecule has 1 aliphatic rings. The van der Waals surface area contributed by atoms with Crippen molar-refractivity contribution in [3.05, 3.63) is 30.1 Å². The Bertz CT molecular complexity index is 298. The molecule has 3 N–H and O–H groups in total. The predicted molar refractivity (Wildman–Crippen MR) is 62.5 cm³/mol. The first kappa shape index (κ1) is 11.5. The minimum absolute atomic E-state index is 0.179. The zero-order chi connectivity index (χ0) is 11.2. The van der Waals surface area contributed by atoms with E-state index < -0.39 is 0 Å². The molecule has 2 heterocycles. The summed E-state index contributed by atoms with van der Waals surface area (Å²) in [6, 6.07) is 4.16. The van der Waals surface area contributed by atoms with Crippen molar-refractivity contribution in [2.24, 2.45) is 5.84 Å². The van der Waals surface area contributed by atoms with E-state index in [2.05, 4.69) is 10.4 Å². The van der Waals surface area contributed by atoms with Crippen molar-refractivity contribution in [1.82, 2.24) is 10.4 Å². The van der Waals surface area contributed by atoms with Crippen LogP contribution in [0.4, 0.5) is 0 Å². The molecular weight excluding hydrogens is 202 g/mol. The van der Waals surface area contributed by atoms with Crippen LogP contribution in [0, 0.1) is 0 Å². The zero-order valence-electron chi connectivity index (χ0n) is 9.43. The molecule has 0 aromatic carbocycles. The Balaban J connectivity index is 1.85. The zero-order valence-corrected chi connectivity index (χ0v) is 9.43. The predicted octanol–water partition coefficient (Wildman–Crippen LogP) is 1.55. The molecular formula is C12H19N3O. The Hall–Kier alpha value is -0.970. The van der Waals surface area contributed by atoms with Crippen LogP contribution in [0.1, 0.15) is 37.3 Å². The number of ether oxygens (including phenoxy) is 1. The minimum atomic E-state index is 0.179. The molecule has 0 radical (unpaired) electrons. The number of hydrazine groups is 1. The molecule has 4 nitrogen and oxygen atoms in total. The van der Waals surface area contributed by atoms with Crippen molar-refractivity contribution in [3.8, 4) is 0 Å². The van der Waals surface area contributed by atoms with Gasteiger partial charge in [0.25, 0.3) is 0 Å². The highest BCUT2D eigenvalue weighted by Crippen LogP contribution is 2.22. The molecule has 0 spiro atoms. The molecule has 1 fully saturated rings. The highest BCUT2D eigenvalue weighted by atomic mass is 16.5. The van der Waals surface area contributed by atoms with Gasteiger partial charge in [-0.3, -0.25) is 16.3 Å². The second-order valence-corrected chi connectivity index (χ2v) is 4.22. The van der Waals surface area contributed by atoms with Crippen LogP contribution < -0.4 is 11.3 Å². The lowest BCUT2D eigenvalue weighted by Gasteiger charge is -2.17. The number of pyridine rings is 1. The largest absolute Gasteiger partial charge is 0.378 e. The lowest BCUT2D eigenvalue weighted by atomic mass is 10.0. The highest BCUT2D eigenvalue weighted by molar-refractivity contribution is 5.13. The van der Waals surface area contributed by atoms with E-state index in [4.69, 9.17) is 10.6 Å². The summed E-state index contributed by atoms with van der Waals surface area (Å²) in [5.41, 5.74) is 3.99. The van der Waals surface area contributed by atoms with Crippen LogP contribution in [0.25, 0.3) is 0 Å². The third-order valence-corrected chi connectivity index (χ3v) is 3.09. The molecule has 0 aliphatic carbocycles. The van der Waals surface area contributed by atoms with E-state index in [1.165, 1.54) is 12.8 Å². The average molecular weight is 221 g/mol. The number of aromatic nitrogens is 1. The van der Waals surface area contributed by atoms with Crippen LogP contribution in [0.3, 0.4) is 0 Å². The fourth-order valence-corrected chi connectivity index (χ4v) is 2.15. The van der Waals surface area contributed by atoms with Gasteiger partial charge < -0.3 is 4.74 Å². The summed E-state index contributed by atoms with van der Waals surface area (Å²) in [5, 5.41) is 0. The van der Waals surface area contributed by atoms with Gasteiger partial charge in [-0.2, -0.15) is 0 Å². The molecule has 1 aromatic heterocycles. The Labute approximate surface area is 96.2 Å². The maximum Gasteiger partial charge on any atom is 0.0576 e. The third-order valence-electron chi connectivity index (χ3n) is 3.09. The number of hydrogen-bond acceptors (Lipinski definition) is 4. The van der Waals surface area contributed by atoms with Gasteiger partial charge in [0.2, 0.25) is 0 Å². The molecule has 1 aromatic rings. The highest BCUT2D eigenvalue weighted by Gasteiger charge is 2.18. The van der Waals surface area contributed by atoms with Gasteiger partial charge in [-0.15, -0.1) is 0 Å². The molecule has 1 aliphatic heterocycles. The first-order valence-corrected chi connectivity index (χ1v) is 5.88. The number of nitrogens with zero attached hydrogens (tertiary/aromatic N) is 1. The van der Waals surface area contributed by atoms with Crippen molar-refractivity contribution in [1.29, 1.82) is 0 Å².